The number of ether oxygens (including phenoxy) is 2. The lowest BCUT2D eigenvalue weighted by Gasteiger charge is -2.36. The van der Waals surface area contributed by atoms with Gasteiger partial charge in [-0.25, -0.2) is 0 Å². The van der Waals surface area contributed by atoms with Crippen LogP contribution in [-0.4, -0.2) is 62.9 Å². The number of methoxy groups -OCH3 is 2. The van der Waals surface area contributed by atoms with Gasteiger partial charge in [0.05, 0.1) is 20.8 Å². The minimum absolute atomic E-state index is 0.146. The Kier molecular flexibility index (Phi) is 7.06. The van der Waals surface area contributed by atoms with Gasteiger partial charge in [0.2, 0.25) is 0 Å². The SMILES string of the molecule is COc1ccc(OC)c(C(O)CN=C(N)N2CCN(c3ccc(Cl)cc3)CC2)c1. The third-order valence-corrected chi connectivity index (χ3v) is 5.27. The summed E-state index contributed by atoms with van der Waals surface area (Å²) in [6, 6.07) is 13.1. The van der Waals surface area contributed by atoms with Gasteiger partial charge in [0.25, 0.3) is 0 Å². The van der Waals surface area contributed by atoms with Crippen LogP contribution in [0.2, 0.25) is 5.02 Å². The first-order chi connectivity index (χ1) is 14.0. The number of piperazine rings is 1. The van der Waals surface area contributed by atoms with E-state index in [0.29, 0.717) is 23.0 Å². The molecule has 1 heterocycles. The average molecular weight is 419 g/mol. The van der Waals surface area contributed by atoms with Crippen molar-refractivity contribution >= 4 is 23.2 Å². The Labute approximate surface area is 176 Å². The second-order valence-electron chi connectivity index (χ2n) is 6.77. The smallest absolute Gasteiger partial charge is 0.191 e. The van der Waals surface area contributed by atoms with Gasteiger partial charge in [0, 0.05) is 42.5 Å². The molecule has 0 amide bonds. The maximum atomic E-state index is 10.6. The van der Waals surface area contributed by atoms with E-state index >= 15 is 0 Å². The summed E-state index contributed by atoms with van der Waals surface area (Å²) >= 11 is 5.96. The average Bonchev–Trinajstić information content (AvgIpc) is 2.77. The summed E-state index contributed by atoms with van der Waals surface area (Å²) in [5.74, 6) is 1.67. The molecule has 0 spiro atoms. The highest BCUT2D eigenvalue weighted by molar-refractivity contribution is 6.30. The third-order valence-electron chi connectivity index (χ3n) is 5.02. The lowest BCUT2D eigenvalue weighted by molar-refractivity contribution is 0.181. The van der Waals surface area contributed by atoms with Gasteiger partial charge in [-0.05, 0) is 42.5 Å². The van der Waals surface area contributed by atoms with Crippen molar-refractivity contribution in [1.29, 1.82) is 0 Å². The molecule has 3 N–H and O–H groups in total. The quantitative estimate of drug-likeness (QED) is 0.554. The summed E-state index contributed by atoms with van der Waals surface area (Å²) in [6.07, 6.45) is -0.839. The number of aliphatic imine (C=N–C) groups is 1. The van der Waals surface area contributed by atoms with E-state index in [9.17, 15) is 5.11 Å². The molecule has 2 aromatic rings. The monoisotopic (exact) mass is 418 g/mol. The van der Waals surface area contributed by atoms with Gasteiger partial charge in [0.15, 0.2) is 5.96 Å². The molecular formula is C21H27ClN4O3. The van der Waals surface area contributed by atoms with Crippen molar-refractivity contribution < 1.29 is 14.6 Å². The number of nitrogens with two attached hydrogens (primary N) is 1. The van der Waals surface area contributed by atoms with Crippen LogP contribution >= 0.6 is 11.6 Å². The molecule has 1 fully saturated rings. The highest BCUT2D eigenvalue weighted by Gasteiger charge is 2.20. The second kappa shape index (κ2) is 9.71. The number of aliphatic hydroxyl groups excluding tert-OH is 1. The van der Waals surface area contributed by atoms with E-state index in [4.69, 9.17) is 26.8 Å². The van der Waals surface area contributed by atoms with Crippen LogP contribution in [0.5, 0.6) is 11.5 Å². The van der Waals surface area contributed by atoms with Crippen molar-refractivity contribution in [3.63, 3.8) is 0 Å². The molecule has 8 heteroatoms. The van der Waals surface area contributed by atoms with E-state index in [-0.39, 0.29) is 6.54 Å². The van der Waals surface area contributed by atoms with Crippen LogP contribution < -0.4 is 20.1 Å². The number of hydrogen-bond acceptors (Lipinski definition) is 5. The lowest BCUT2D eigenvalue weighted by Crippen LogP contribution is -2.51. The standard InChI is InChI=1S/C21H27ClN4O3/c1-28-17-7-8-20(29-2)18(13-17)19(27)14-24-21(23)26-11-9-25(10-12-26)16-5-3-15(22)4-6-16/h3-8,13,19,27H,9-12,14H2,1-2H3,(H2,23,24). The van der Waals surface area contributed by atoms with Crippen LogP contribution in [-0.2, 0) is 0 Å². The molecule has 3 rings (SSSR count). The fourth-order valence-electron chi connectivity index (χ4n) is 3.32. The molecule has 2 aromatic carbocycles. The molecule has 1 aliphatic rings. The van der Waals surface area contributed by atoms with Crippen LogP contribution in [0.1, 0.15) is 11.7 Å². The predicted molar refractivity (Wildman–Crippen MR) is 116 cm³/mol. The number of aliphatic hydroxyl groups is 1. The van der Waals surface area contributed by atoms with Crippen molar-refractivity contribution in [3.05, 3.63) is 53.1 Å². The molecule has 0 aliphatic carbocycles. The van der Waals surface area contributed by atoms with Crippen molar-refractivity contribution in [2.45, 2.75) is 6.10 Å². The Balaban J connectivity index is 1.58. The maximum Gasteiger partial charge on any atom is 0.191 e. The van der Waals surface area contributed by atoms with E-state index in [1.807, 2.05) is 29.2 Å². The van der Waals surface area contributed by atoms with Gasteiger partial charge >= 0.3 is 0 Å². The fourth-order valence-corrected chi connectivity index (χ4v) is 3.45. The summed E-state index contributed by atoms with van der Waals surface area (Å²) in [5.41, 5.74) is 7.94. The van der Waals surface area contributed by atoms with E-state index in [1.54, 1.807) is 32.4 Å². The maximum absolute atomic E-state index is 10.6. The summed E-state index contributed by atoms with van der Waals surface area (Å²) in [7, 11) is 3.15. The highest BCUT2D eigenvalue weighted by atomic mass is 35.5. The Bertz CT molecular complexity index is 836. The van der Waals surface area contributed by atoms with Crippen molar-refractivity contribution in [2.75, 3.05) is 51.8 Å². The Hall–Kier alpha value is -2.64. The van der Waals surface area contributed by atoms with Gasteiger partial charge in [-0.1, -0.05) is 11.6 Å². The fraction of sp³-hybridized carbons (Fsp3) is 0.381. The van der Waals surface area contributed by atoms with Crippen molar-refractivity contribution in [1.82, 2.24) is 4.90 Å². The van der Waals surface area contributed by atoms with Crippen molar-refractivity contribution in [2.24, 2.45) is 10.7 Å². The molecule has 0 bridgehead atoms. The van der Waals surface area contributed by atoms with E-state index in [2.05, 4.69) is 9.89 Å². The van der Waals surface area contributed by atoms with Gasteiger partial charge in [-0.15, -0.1) is 0 Å². The Morgan fingerprint density at radius 1 is 1.10 bits per heavy atom. The molecule has 1 saturated heterocycles. The minimum Gasteiger partial charge on any atom is -0.497 e. The molecule has 1 aliphatic heterocycles. The Morgan fingerprint density at radius 2 is 1.79 bits per heavy atom. The number of hydrogen-bond donors (Lipinski definition) is 2. The lowest BCUT2D eigenvalue weighted by atomic mass is 10.1. The topological polar surface area (TPSA) is 83.5 Å². The van der Waals surface area contributed by atoms with Gasteiger partial charge in [0.1, 0.15) is 17.6 Å². The minimum atomic E-state index is -0.839. The molecule has 0 aromatic heterocycles. The van der Waals surface area contributed by atoms with Crippen LogP contribution in [0.15, 0.2) is 47.5 Å². The van der Waals surface area contributed by atoms with Gasteiger partial charge in [-0.2, -0.15) is 0 Å². The second-order valence-corrected chi connectivity index (χ2v) is 7.21. The first kappa shape index (κ1) is 21.1. The molecular weight excluding hydrogens is 392 g/mol. The molecule has 1 unspecified atom stereocenters. The Morgan fingerprint density at radius 3 is 2.41 bits per heavy atom. The number of nitrogens with zero attached hydrogens (tertiary/aromatic N) is 3. The number of guanidine groups is 1. The molecule has 29 heavy (non-hydrogen) atoms. The van der Waals surface area contributed by atoms with Gasteiger partial charge in [-0.3, -0.25) is 4.99 Å². The number of halogens is 1. The van der Waals surface area contributed by atoms with Crippen LogP contribution in [0.25, 0.3) is 0 Å². The molecule has 0 saturated carbocycles. The van der Waals surface area contributed by atoms with Crippen LogP contribution in [0.3, 0.4) is 0 Å². The number of anilines is 1. The van der Waals surface area contributed by atoms with E-state index in [1.165, 1.54) is 0 Å². The molecule has 7 nitrogen and oxygen atoms in total. The van der Waals surface area contributed by atoms with Crippen molar-refractivity contribution in [3.8, 4) is 11.5 Å². The van der Waals surface area contributed by atoms with Crippen LogP contribution in [0.4, 0.5) is 5.69 Å². The van der Waals surface area contributed by atoms with E-state index in [0.717, 1.165) is 36.9 Å². The van der Waals surface area contributed by atoms with E-state index < -0.39 is 6.10 Å². The van der Waals surface area contributed by atoms with Gasteiger partial charge < -0.3 is 30.1 Å². The third kappa shape index (κ3) is 5.25. The summed E-state index contributed by atoms with van der Waals surface area (Å²) in [5, 5.41) is 11.3. The molecule has 0 radical (unpaired) electrons. The zero-order valence-corrected chi connectivity index (χ0v) is 17.5. The first-order valence-electron chi connectivity index (χ1n) is 9.47. The number of rotatable bonds is 6. The molecule has 156 valence electrons. The highest BCUT2D eigenvalue weighted by Crippen LogP contribution is 2.29. The summed E-state index contributed by atoms with van der Waals surface area (Å²) < 4.78 is 10.6. The number of benzene rings is 2. The largest absolute Gasteiger partial charge is 0.497 e. The predicted octanol–water partition coefficient (Wildman–Crippen LogP) is 2.53. The van der Waals surface area contributed by atoms with Crippen LogP contribution in [0, 0.1) is 0 Å². The first-order valence-corrected chi connectivity index (χ1v) is 9.85. The summed E-state index contributed by atoms with van der Waals surface area (Å²) in [4.78, 5) is 8.72. The zero-order valence-electron chi connectivity index (χ0n) is 16.7. The zero-order chi connectivity index (χ0) is 20.8. The summed E-state index contributed by atoms with van der Waals surface area (Å²) in [6.45, 7) is 3.34. The normalized spacial score (nSPS) is 15.9. The molecule has 1 atom stereocenters.